The molecular formula is C11H18O. The molecule has 1 nitrogen and oxygen atoms in total. The first kappa shape index (κ1) is 8.28. The van der Waals surface area contributed by atoms with Gasteiger partial charge in [0.25, 0.3) is 0 Å². The lowest BCUT2D eigenvalue weighted by Crippen LogP contribution is -2.05. The van der Waals surface area contributed by atoms with Crippen molar-refractivity contribution in [3.63, 3.8) is 0 Å². The Hall–Kier alpha value is -0.330. The molecular weight excluding hydrogens is 148 g/mol. The largest absolute Gasteiger partial charge is 0.300 e. The van der Waals surface area contributed by atoms with Crippen LogP contribution in [0, 0.1) is 11.8 Å². The summed E-state index contributed by atoms with van der Waals surface area (Å²) in [6.45, 7) is 0. The van der Waals surface area contributed by atoms with Crippen molar-refractivity contribution in [2.24, 2.45) is 11.8 Å². The third-order valence-electron chi connectivity index (χ3n) is 3.20. The summed E-state index contributed by atoms with van der Waals surface area (Å²) in [4.78, 5) is 11.4. The topological polar surface area (TPSA) is 17.1 Å². The first-order valence-corrected chi connectivity index (χ1v) is 5.36. The lowest BCUT2D eigenvalue weighted by molar-refractivity contribution is -0.120. The van der Waals surface area contributed by atoms with Gasteiger partial charge in [-0.3, -0.25) is 4.79 Å². The molecule has 1 heteroatoms. The molecule has 68 valence electrons. The highest BCUT2D eigenvalue weighted by Gasteiger charge is 2.26. The average molecular weight is 166 g/mol. The molecule has 2 aliphatic carbocycles. The fraction of sp³-hybridized carbons (Fsp3) is 0.909. The van der Waals surface area contributed by atoms with E-state index in [1.54, 1.807) is 0 Å². The molecule has 0 spiro atoms. The van der Waals surface area contributed by atoms with Crippen molar-refractivity contribution in [2.45, 2.75) is 51.4 Å². The summed E-state index contributed by atoms with van der Waals surface area (Å²) in [5, 5.41) is 0. The Kier molecular flexibility index (Phi) is 2.48. The number of rotatable bonds is 4. The molecule has 0 aromatic rings. The van der Waals surface area contributed by atoms with E-state index >= 15 is 0 Å². The third kappa shape index (κ3) is 2.33. The van der Waals surface area contributed by atoms with Crippen LogP contribution in [0.5, 0.6) is 0 Å². The van der Waals surface area contributed by atoms with Crippen molar-refractivity contribution in [3.8, 4) is 0 Å². The van der Waals surface area contributed by atoms with Crippen LogP contribution in [-0.2, 0) is 4.79 Å². The van der Waals surface area contributed by atoms with Crippen molar-refractivity contribution < 1.29 is 4.79 Å². The van der Waals surface area contributed by atoms with Crippen LogP contribution < -0.4 is 0 Å². The normalized spacial score (nSPS) is 24.7. The standard InChI is InChI=1S/C11H18O/c12-11(8-10-5-6-10)7-9-3-1-2-4-9/h9-10H,1-8H2. The van der Waals surface area contributed by atoms with Gasteiger partial charge in [0.1, 0.15) is 5.78 Å². The molecule has 2 fully saturated rings. The van der Waals surface area contributed by atoms with E-state index in [9.17, 15) is 4.79 Å². The van der Waals surface area contributed by atoms with E-state index in [4.69, 9.17) is 0 Å². The highest BCUT2D eigenvalue weighted by molar-refractivity contribution is 5.79. The van der Waals surface area contributed by atoms with Crippen LogP contribution in [0.15, 0.2) is 0 Å². The monoisotopic (exact) mass is 166 g/mol. The predicted molar refractivity (Wildman–Crippen MR) is 48.9 cm³/mol. The van der Waals surface area contributed by atoms with Crippen molar-refractivity contribution in [1.29, 1.82) is 0 Å². The van der Waals surface area contributed by atoms with E-state index in [0.29, 0.717) is 5.78 Å². The number of carbonyl (C=O) groups is 1. The zero-order valence-corrected chi connectivity index (χ0v) is 7.72. The van der Waals surface area contributed by atoms with E-state index in [1.165, 1.54) is 38.5 Å². The van der Waals surface area contributed by atoms with E-state index in [-0.39, 0.29) is 0 Å². The van der Waals surface area contributed by atoms with Crippen LogP contribution in [-0.4, -0.2) is 5.78 Å². The van der Waals surface area contributed by atoms with Crippen LogP contribution >= 0.6 is 0 Å². The quantitative estimate of drug-likeness (QED) is 0.627. The maximum absolute atomic E-state index is 11.4. The van der Waals surface area contributed by atoms with Gasteiger partial charge in [-0.05, 0) is 24.7 Å². The molecule has 0 heterocycles. The van der Waals surface area contributed by atoms with Gasteiger partial charge < -0.3 is 0 Å². The number of ketones is 1. The molecule has 0 amide bonds. The van der Waals surface area contributed by atoms with E-state index in [1.807, 2.05) is 0 Å². The van der Waals surface area contributed by atoms with Gasteiger partial charge in [0, 0.05) is 12.8 Å². The van der Waals surface area contributed by atoms with Crippen molar-refractivity contribution >= 4 is 5.78 Å². The minimum absolute atomic E-state index is 0.546. The van der Waals surface area contributed by atoms with Gasteiger partial charge in [-0.2, -0.15) is 0 Å². The van der Waals surface area contributed by atoms with E-state index in [2.05, 4.69) is 0 Å². The molecule has 0 saturated heterocycles. The van der Waals surface area contributed by atoms with Gasteiger partial charge >= 0.3 is 0 Å². The molecule has 0 aliphatic heterocycles. The van der Waals surface area contributed by atoms with Crippen LogP contribution in [0.1, 0.15) is 51.4 Å². The summed E-state index contributed by atoms with van der Waals surface area (Å²) in [6, 6.07) is 0. The Morgan fingerprint density at radius 1 is 0.917 bits per heavy atom. The minimum Gasteiger partial charge on any atom is -0.300 e. The zero-order chi connectivity index (χ0) is 8.39. The first-order chi connectivity index (χ1) is 5.84. The number of hydrogen-bond donors (Lipinski definition) is 0. The summed E-state index contributed by atoms with van der Waals surface area (Å²) in [7, 11) is 0. The van der Waals surface area contributed by atoms with Crippen molar-refractivity contribution in [2.75, 3.05) is 0 Å². The molecule has 2 saturated carbocycles. The summed E-state index contributed by atoms with van der Waals surface area (Å²) in [5.74, 6) is 2.10. The molecule has 0 bridgehead atoms. The molecule has 12 heavy (non-hydrogen) atoms. The summed E-state index contributed by atoms with van der Waals surface area (Å²) >= 11 is 0. The smallest absolute Gasteiger partial charge is 0.133 e. The molecule has 2 rings (SSSR count). The Morgan fingerprint density at radius 3 is 1.92 bits per heavy atom. The molecule has 2 aliphatic rings. The summed E-state index contributed by atoms with van der Waals surface area (Å²) in [6.07, 6.45) is 9.79. The second-order valence-electron chi connectivity index (χ2n) is 4.54. The second-order valence-corrected chi connectivity index (χ2v) is 4.54. The molecule has 0 atom stereocenters. The fourth-order valence-corrected chi connectivity index (χ4v) is 2.26. The van der Waals surface area contributed by atoms with Gasteiger partial charge in [0.15, 0.2) is 0 Å². The number of carbonyl (C=O) groups excluding carboxylic acids is 1. The van der Waals surface area contributed by atoms with E-state index < -0.39 is 0 Å². The Morgan fingerprint density at radius 2 is 1.42 bits per heavy atom. The van der Waals surface area contributed by atoms with Crippen LogP contribution in [0.3, 0.4) is 0 Å². The predicted octanol–water partition coefficient (Wildman–Crippen LogP) is 2.94. The lowest BCUT2D eigenvalue weighted by atomic mass is 9.98. The maximum Gasteiger partial charge on any atom is 0.133 e. The molecule has 0 aromatic carbocycles. The van der Waals surface area contributed by atoms with Gasteiger partial charge in [0.2, 0.25) is 0 Å². The fourth-order valence-electron chi connectivity index (χ4n) is 2.26. The molecule has 0 N–H and O–H groups in total. The molecule has 0 unspecified atom stereocenters. The maximum atomic E-state index is 11.4. The van der Waals surface area contributed by atoms with Gasteiger partial charge in [0.05, 0.1) is 0 Å². The highest BCUT2D eigenvalue weighted by Crippen LogP contribution is 2.35. The third-order valence-corrected chi connectivity index (χ3v) is 3.20. The molecule has 0 aromatic heterocycles. The first-order valence-electron chi connectivity index (χ1n) is 5.36. The van der Waals surface area contributed by atoms with Gasteiger partial charge in [-0.15, -0.1) is 0 Å². The van der Waals surface area contributed by atoms with Gasteiger partial charge in [-0.1, -0.05) is 25.7 Å². The van der Waals surface area contributed by atoms with E-state index in [0.717, 1.165) is 24.7 Å². The SMILES string of the molecule is O=C(CC1CCCC1)CC1CC1. The highest BCUT2D eigenvalue weighted by atomic mass is 16.1. The van der Waals surface area contributed by atoms with Crippen molar-refractivity contribution in [3.05, 3.63) is 0 Å². The lowest BCUT2D eigenvalue weighted by Gasteiger charge is -2.06. The number of Topliss-reactive ketones (excluding diaryl/α,β-unsaturated/α-hetero) is 1. The Balaban J connectivity index is 1.66. The Labute approximate surface area is 74.5 Å². The van der Waals surface area contributed by atoms with Crippen LogP contribution in [0.25, 0.3) is 0 Å². The summed E-state index contributed by atoms with van der Waals surface area (Å²) in [5.41, 5.74) is 0. The minimum atomic E-state index is 0.546. The summed E-state index contributed by atoms with van der Waals surface area (Å²) < 4.78 is 0. The average Bonchev–Trinajstić information content (AvgIpc) is 2.66. The van der Waals surface area contributed by atoms with Crippen LogP contribution in [0.2, 0.25) is 0 Å². The zero-order valence-electron chi connectivity index (χ0n) is 7.72. The Bertz CT molecular complexity index is 164. The van der Waals surface area contributed by atoms with Gasteiger partial charge in [-0.25, -0.2) is 0 Å². The van der Waals surface area contributed by atoms with Crippen molar-refractivity contribution in [1.82, 2.24) is 0 Å². The van der Waals surface area contributed by atoms with Crippen LogP contribution in [0.4, 0.5) is 0 Å². The second kappa shape index (κ2) is 3.59. The molecule has 0 radical (unpaired) electrons. The number of hydrogen-bond acceptors (Lipinski definition) is 1.